The van der Waals surface area contributed by atoms with E-state index in [2.05, 4.69) is 13.8 Å². The molecule has 0 saturated heterocycles. The summed E-state index contributed by atoms with van der Waals surface area (Å²) in [6, 6.07) is 0. The average Bonchev–Trinajstić information content (AvgIpc) is 2.92. The Morgan fingerprint density at radius 3 is 1.31 bits per heavy atom. The van der Waals surface area contributed by atoms with Gasteiger partial charge in [0.1, 0.15) is 0 Å². The number of ether oxygens (including phenoxy) is 2. The smallest absolute Gasteiger partial charge is 0.0571 e. The van der Waals surface area contributed by atoms with Crippen molar-refractivity contribution in [1.82, 2.24) is 0 Å². The van der Waals surface area contributed by atoms with Crippen LogP contribution in [0.2, 0.25) is 0 Å². The maximum Gasteiger partial charge on any atom is 0.0571 e. The van der Waals surface area contributed by atoms with Gasteiger partial charge in [-0.05, 0) is 137 Å². The van der Waals surface area contributed by atoms with Crippen LogP contribution in [0.3, 0.4) is 0 Å². The van der Waals surface area contributed by atoms with Crippen LogP contribution in [0.25, 0.3) is 0 Å². The zero-order chi connectivity index (χ0) is 24.6. The molecule has 0 heterocycles. The highest BCUT2D eigenvalue weighted by Crippen LogP contribution is 2.54. The van der Waals surface area contributed by atoms with E-state index in [4.69, 9.17) is 9.47 Å². The second-order valence-electron chi connectivity index (χ2n) is 13.5. The highest BCUT2D eigenvalue weighted by atomic mass is 16.5. The topological polar surface area (TPSA) is 18.5 Å². The number of unbranched alkanes of at least 4 members (excludes halogenated alkanes) is 1. The SMILES string of the molecule is CCCCC1CCC(C2CCC(OC)CC2)CC1C1CC(C2CCC(OC)CC2)CCC1CCC. The van der Waals surface area contributed by atoms with Gasteiger partial charge in [-0.1, -0.05) is 46.0 Å². The molecule has 4 aliphatic rings. The summed E-state index contributed by atoms with van der Waals surface area (Å²) < 4.78 is 11.4. The number of hydrogen-bond acceptors (Lipinski definition) is 2. The molecule has 2 nitrogen and oxygen atoms in total. The van der Waals surface area contributed by atoms with Crippen molar-refractivity contribution in [2.45, 2.75) is 148 Å². The van der Waals surface area contributed by atoms with E-state index in [1.54, 1.807) is 19.3 Å². The Morgan fingerprint density at radius 2 is 0.914 bits per heavy atom. The standard InChI is InChI=1S/C33H60O2/c1-5-7-9-27-11-13-29(25-16-20-31(35-4)21-17-25)23-33(27)32-22-28(12-10-26(32)8-6-2)24-14-18-30(34-3)19-15-24/h24-33H,5-23H2,1-4H3. The van der Waals surface area contributed by atoms with Crippen LogP contribution in [0.1, 0.15) is 136 Å². The first-order chi connectivity index (χ1) is 17.2. The quantitative estimate of drug-likeness (QED) is 0.305. The molecule has 0 aromatic carbocycles. The van der Waals surface area contributed by atoms with Crippen LogP contribution in [0.5, 0.6) is 0 Å². The molecule has 0 radical (unpaired) electrons. The van der Waals surface area contributed by atoms with Gasteiger partial charge >= 0.3 is 0 Å². The molecule has 0 N–H and O–H groups in total. The molecule has 0 amide bonds. The highest BCUT2D eigenvalue weighted by molar-refractivity contribution is 4.94. The number of hydrogen-bond donors (Lipinski definition) is 0. The summed E-state index contributed by atoms with van der Waals surface area (Å²) in [6.45, 7) is 4.85. The lowest BCUT2D eigenvalue weighted by molar-refractivity contribution is -0.0144. The first kappa shape index (κ1) is 27.9. The minimum atomic E-state index is 0.546. The molecular formula is C33H60O2. The molecule has 6 atom stereocenters. The molecule has 204 valence electrons. The van der Waals surface area contributed by atoms with Gasteiger partial charge in [0.15, 0.2) is 0 Å². The Morgan fingerprint density at radius 1 is 0.486 bits per heavy atom. The molecule has 4 aliphatic carbocycles. The Hall–Kier alpha value is -0.0800. The summed E-state index contributed by atoms with van der Waals surface area (Å²) in [6.07, 6.45) is 28.6. The fourth-order valence-electron chi connectivity index (χ4n) is 9.65. The van der Waals surface area contributed by atoms with Gasteiger partial charge in [-0.2, -0.15) is 0 Å². The Bertz CT molecular complexity index is 574. The van der Waals surface area contributed by atoms with Gasteiger partial charge in [0, 0.05) is 14.2 Å². The second kappa shape index (κ2) is 14.2. The first-order valence-electron chi connectivity index (χ1n) is 16.2. The van der Waals surface area contributed by atoms with E-state index in [-0.39, 0.29) is 0 Å². The number of methoxy groups -OCH3 is 2. The van der Waals surface area contributed by atoms with Crippen molar-refractivity contribution in [3.05, 3.63) is 0 Å². The van der Waals surface area contributed by atoms with Crippen molar-refractivity contribution in [1.29, 1.82) is 0 Å². The van der Waals surface area contributed by atoms with Crippen LogP contribution in [-0.4, -0.2) is 26.4 Å². The highest BCUT2D eigenvalue weighted by Gasteiger charge is 2.44. The van der Waals surface area contributed by atoms with E-state index in [0.717, 1.165) is 47.3 Å². The van der Waals surface area contributed by atoms with Crippen molar-refractivity contribution in [3.63, 3.8) is 0 Å². The number of rotatable bonds is 10. The monoisotopic (exact) mass is 488 g/mol. The Kier molecular flexibility index (Phi) is 11.3. The molecule has 4 fully saturated rings. The van der Waals surface area contributed by atoms with Crippen LogP contribution >= 0.6 is 0 Å². The minimum absolute atomic E-state index is 0.546. The zero-order valence-electron chi connectivity index (χ0n) is 24.0. The van der Waals surface area contributed by atoms with Crippen LogP contribution in [0.15, 0.2) is 0 Å². The van der Waals surface area contributed by atoms with Crippen molar-refractivity contribution in [3.8, 4) is 0 Å². The lowest BCUT2D eigenvalue weighted by Gasteiger charge is -2.50. The Balaban J connectivity index is 1.46. The molecule has 0 aromatic heterocycles. The largest absolute Gasteiger partial charge is 0.381 e. The average molecular weight is 489 g/mol. The molecule has 0 aliphatic heterocycles. The zero-order valence-corrected chi connectivity index (χ0v) is 24.0. The molecule has 2 heteroatoms. The third-order valence-corrected chi connectivity index (χ3v) is 11.8. The molecule has 35 heavy (non-hydrogen) atoms. The molecule has 4 rings (SSSR count). The summed E-state index contributed by atoms with van der Waals surface area (Å²) in [5, 5.41) is 0. The van der Waals surface area contributed by atoms with Gasteiger partial charge < -0.3 is 9.47 Å². The van der Waals surface area contributed by atoms with Gasteiger partial charge in [0.2, 0.25) is 0 Å². The van der Waals surface area contributed by atoms with Gasteiger partial charge in [0.25, 0.3) is 0 Å². The van der Waals surface area contributed by atoms with E-state index in [9.17, 15) is 0 Å². The van der Waals surface area contributed by atoms with Gasteiger partial charge in [-0.3, -0.25) is 0 Å². The van der Waals surface area contributed by atoms with E-state index < -0.39 is 0 Å². The van der Waals surface area contributed by atoms with Crippen molar-refractivity contribution in [2.75, 3.05) is 14.2 Å². The third-order valence-electron chi connectivity index (χ3n) is 11.8. The lowest BCUT2D eigenvalue weighted by Crippen LogP contribution is -2.41. The van der Waals surface area contributed by atoms with Crippen molar-refractivity contribution >= 4 is 0 Å². The summed E-state index contributed by atoms with van der Waals surface area (Å²) in [4.78, 5) is 0. The van der Waals surface area contributed by atoms with Crippen molar-refractivity contribution < 1.29 is 9.47 Å². The van der Waals surface area contributed by atoms with Crippen LogP contribution in [0.4, 0.5) is 0 Å². The Labute approximate surface area is 219 Å². The maximum atomic E-state index is 5.72. The van der Waals surface area contributed by atoms with E-state index in [1.165, 1.54) is 103 Å². The van der Waals surface area contributed by atoms with Gasteiger partial charge in [-0.15, -0.1) is 0 Å². The van der Waals surface area contributed by atoms with E-state index >= 15 is 0 Å². The van der Waals surface area contributed by atoms with Gasteiger partial charge in [-0.25, -0.2) is 0 Å². The summed E-state index contributed by atoms with van der Waals surface area (Å²) in [7, 11) is 3.85. The lowest BCUT2D eigenvalue weighted by atomic mass is 9.55. The normalized spacial score (nSPS) is 43.2. The van der Waals surface area contributed by atoms with E-state index in [0.29, 0.717) is 12.2 Å². The molecule has 6 unspecified atom stereocenters. The molecule has 0 spiro atoms. The first-order valence-corrected chi connectivity index (χ1v) is 16.2. The van der Waals surface area contributed by atoms with Crippen LogP contribution < -0.4 is 0 Å². The predicted octanol–water partition coefficient (Wildman–Crippen LogP) is 9.45. The molecular weight excluding hydrogens is 428 g/mol. The fourth-order valence-corrected chi connectivity index (χ4v) is 9.65. The molecule has 0 bridgehead atoms. The predicted molar refractivity (Wildman–Crippen MR) is 149 cm³/mol. The summed E-state index contributed by atoms with van der Waals surface area (Å²) in [5.41, 5.74) is 0. The molecule has 0 aromatic rings. The van der Waals surface area contributed by atoms with Crippen LogP contribution in [-0.2, 0) is 9.47 Å². The van der Waals surface area contributed by atoms with Crippen LogP contribution in [0, 0.1) is 47.3 Å². The summed E-state index contributed by atoms with van der Waals surface area (Å²) in [5.74, 6) is 8.08. The third kappa shape index (κ3) is 7.28. The van der Waals surface area contributed by atoms with Gasteiger partial charge in [0.05, 0.1) is 12.2 Å². The van der Waals surface area contributed by atoms with E-state index in [1.807, 2.05) is 14.2 Å². The second-order valence-corrected chi connectivity index (χ2v) is 13.5. The fraction of sp³-hybridized carbons (Fsp3) is 1.00. The minimum Gasteiger partial charge on any atom is -0.381 e. The van der Waals surface area contributed by atoms with Crippen molar-refractivity contribution in [2.24, 2.45) is 47.3 Å². The maximum absolute atomic E-state index is 5.72. The summed E-state index contributed by atoms with van der Waals surface area (Å²) >= 11 is 0. The molecule has 4 saturated carbocycles.